The zero-order valence-corrected chi connectivity index (χ0v) is 15.6. The maximum atomic E-state index is 13.0. The number of aromatic nitrogens is 5. The molecular weight excluding hydrogens is 354 g/mol. The van der Waals surface area contributed by atoms with Crippen LogP contribution in [0.2, 0.25) is 0 Å². The molecule has 0 N–H and O–H groups in total. The van der Waals surface area contributed by atoms with Gasteiger partial charge in [-0.1, -0.05) is 53.6 Å². The molecule has 0 aliphatic heterocycles. The molecular formula is C21H19N5O2. The number of rotatable bonds is 5. The van der Waals surface area contributed by atoms with Crippen LogP contribution in [0.5, 0.6) is 11.6 Å². The van der Waals surface area contributed by atoms with E-state index in [2.05, 4.69) is 15.4 Å². The molecule has 0 unspecified atom stereocenters. The van der Waals surface area contributed by atoms with Crippen molar-refractivity contribution < 1.29 is 4.74 Å². The molecule has 2 aromatic carbocycles. The third-order valence-electron chi connectivity index (χ3n) is 4.45. The Labute approximate surface area is 161 Å². The summed E-state index contributed by atoms with van der Waals surface area (Å²) in [7, 11) is 0. The van der Waals surface area contributed by atoms with E-state index in [0.29, 0.717) is 35.0 Å². The summed E-state index contributed by atoms with van der Waals surface area (Å²) in [4.78, 5) is 13.0. The first-order chi connectivity index (χ1) is 13.7. The molecule has 2 heterocycles. The number of hydrogen-bond acceptors (Lipinski definition) is 5. The Balaban J connectivity index is 1.76. The Hall–Kier alpha value is -3.74. The second-order valence-corrected chi connectivity index (χ2v) is 6.22. The third kappa shape index (κ3) is 3.18. The first-order valence-corrected chi connectivity index (χ1v) is 9.01. The van der Waals surface area contributed by atoms with Gasteiger partial charge in [0.1, 0.15) is 11.4 Å². The van der Waals surface area contributed by atoms with Crippen LogP contribution in [0.3, 0.4) is 0 Å². The fourth-order valence-electron chi connectivity index (χ4n) is 2.99. The largest absolute Gasteiger partial charge is 0.436 e. The van der Waals surface area contributed by atoms with Crippen molar-refractivity contribution in [2.24, 2.45) is 0 Å². The highest BCUT2D eigenvalue weighted by molar-refractivity contribution is 5.42. The molecule has 4 aromatic rings. The van der Waals surface area contributed by atoms with Gasteiger partial charge in [-0.2, -0.15) is 9.78 Å². The van der Waals surface area contributed by atoms with Crippen LogP contribution in [0.25, 0.3) is 11.4 Å². The van der Waals surface area contributed by atoms with Gasteiger partial charge in [0.25, 0.3) is 11.4 Å². The number of benzene rings is 2. The highest BCUT2D eigenvalue weighted by Gasteiger charge is 2.18. The maximum Gasteiger partial charge on any atom is 0.276 e. The van der Waals surface area contributed by atoms with Crippen LogP contribution in [-0.2, 0) is 6.42 Å². The fourth-order valence-corrected chi connectivity index (χ4v) is 2.99. The zero-order valence-electron chi connectivity index (χ0n) is 15.6. The number of hydrogen-bond donors (Lipinski definition) is 0. The summed E-state index contributed by atoms with van der Waals surface area (Å²) in [6, 6.07) is 18.7. The zero-order chi connectivity index (χ0) is 19.5. The van der Waals surface area contributed by atoms with Crippen molar-refractivity contribution in [1.29, 1.82) is 0 Å². The van der Waals surface area contributed by atoms with Gasteiger partial charge in [-0.05, 0) is 37.6 Å². The SMILES string of the molecule is CCc1c(-n2nnc(Oc3ccccc3)c2C)cnn(-c2ccccc2)c1=O. The van der Waals surface area contributed by atoms with E-state index in [9.17, 15) is 4.79 Å². The van der Waals surface area contributed by atoms with Gasteiger partial charge in [-0.25, -0.2) is 4.68 Å². The van der Waals surface area contributed by atoms with E-state index in [1.54, 1.807) is 10.9 Å². The van der Waals surface area contributed by atoms with E-state index in [1.807, 2.05) is 74.5 Å². The van der Waals surface area contributed by atoms with E-state index >= 15 is 0 Å². The summed E-state index contributed by atoms with van der Waals surface area (Å²) in [6.07, 6.45) is 2.18. The molecule has 4 rings (SSSR count). The molecule has 0 saturated heterocycles. The Morgan fingerprint density at radius 3 is 2.32 bits per heavy atom. The lowest BCUT2D eigenvalue weighted by molar-refractivity contribution is 0.458. The smallest absolute Gasteiger partial charge is 0.276 e. The minimum absolute atomic E-state index is 0.174. The van der Waals surface area contributed by atoms with Gasteiger partial charge in [-0.15, -0.1) is 0 Å². The second-order valence-electron chi connectivity index (χ2n) is 6.22. The third-order valence-corrected chi connectivity index (χ3v) is 4.45. The quantitative estimate of drug-likeness (QED) is 0.535. The lowest BCUT2D eigenvalue weighted by Gasteiger charge is -2.11. The molecule has 140 valence electrons. The summed E-state index contributed by atoms with van der Waals surface area (Å²) >= 11 is 0. The highest BCUT2D eigenvalue weighted by Crippen LogP contribution is 2.24. The van der Waals surface area contributed by atoms with Crippen molar-refractivity contribution in [1.82, 2.24) is 24.8 Å². The van der Waals surface area contributed by atoms with Crippen LogP contribution < -0.4 is 10.3 Å². The lowest BCUT2D eigenvalue weighted by Crippen LogP contribution is -2.26. The van der Waals surface area contributed by atoms with Gasteiger partial charge in [0.15, 0.2) is 0 Å². The first kappa shape index (κ1) is 17.7. The summed E-state index contributed by atoms with van der Waals surface area (Å²) in [5.41, 5.74) is 2.45. The van der Waals surface area contributed by atoms with Gasteiger partial charge in [0.05, 0.1) is 17.6 Å². The Morgan fingerprint density at radius 2 is 1.64 bits per heavy atom. The highest BCUT2D eigenvalue weighted by atomic mass is 16.5. The molecule has 0 fully saturated rings. The van der Waals surface area contributed by atoms with Gasteiger partial charge >= 0.3 is 0 Å². The van der Waals surface area contributed by atoms with Crippen LogP contribution in [0.15, 0.2) is 71.7 Å². The van der Waals surface area contributed by atoms with Crippen LogP contribution in [0.4, 0.5) is 0 Å². The molecule has 0 radical (unpaired) electrons. The summed E-state index contributed by atoms with van der Waals surface area (Å²) in [5.74, 6) is 1.06. The molecule has 7 nitrogen and oxygen atoms in total. The van der Waals surface area contributed by atoms with Gasteiger partial charge in [0.2, 0.25) is 0 Å². The van der Waals surface area contributed by atoms with Crippen molar-refractivity contribution in [3.63, 3.8) is 0 Å². The molecule has 0 amide bonds. The summed E-state index contributed by atoms with van der Waals surface area (Å²) in [5, 5.41) is 12.7. The van der Waals surface area contributed by atoms with Crippen LogP contribution >= 0.6 is 0 Å². The van der Waals surface area contributed by atoms with Gasteiger partial charge in [-0.3, -0.25) is 4.79 Å². The average Bonchev–Trinajstić information content (AvgIpc) is 3.09. The van der Waals surface area contributed by atoms with E-state index < -0.39 is 0 Å². The molecule has 7 heteroatoms. The Morgan fingerprint density at radius 1 is 0.964 bits per heavy atom. The van der Waals surface area contributed by atoms with Crippen molar-refractivity contribution in [3.05, 3.63) is 88.5 Å². The predicted molar refractivity (Wildman–Crippen MR) is 105 cm³/mol. The van der Waals surface area contributed by atoms with E-state index in [1.165, 1.54) is 4.68 Å². The number of para-hydroxylation sites is 2. The van der Waals surface area contributed by atoms with Crippen molar-refractivity contribution in [3.8, 4) is 23.0 Å². The molecule has 28 heavy (non-hydrogen) atoms. The minimum atomic E-state index is -0.174. The van der Waals surface area contributed by atoms with E-state index in [-0.39, 0.29) is 5.56 Å². The second kappa shape index (κ2) is 7.48. The average molecular weight is 373 g/mol. The standard InChI is InChI=1S/C21H19N5O2/c1-3-18-19(14-22-26(21(18)27)16-10-6-4-7-11-16)25-15(2)20(23-24-25)28-17-12-8-5-9-13-17/h4-14H,3H2,1-2H3. The normalized spacial score (nSPS) is 10.8. The number of ether oxygens (including phenoxy) is 1. The van der Waals surface area contributed by atoms with Crippen LogP contribution in [0.1, 0.15) is 18.2 Å². The summed E-state index contributed by atoms with van der Waals surface area (Å²) in [6.45, 7) is 3.78. The molecule has 0 atom stereocenters. The Bertz CT molecular complexity index is 1150. The molecule has 2 aromatic heterocycles. The predicted octanol–water partition coefficient (Wildman–Crippen LogP) is 3.48. The molecule has 0 aliphatic carbocycles. The van der Waals surface area contributed by atoms with Crippen molar-refractivity contribution in [2.45, 2.75) is 20.3 Å². The minimum Gasteiger partial charge on any atom is -0.436 e. The monoisotopic (exact) mass is 373 g/mol. The van der Waals surface area contributed by atoms with Crippen molar-refractivity contribution in [2.75, 3.05) is 0 Å². The summed E-state index contributed by atoms with van der Waals surface area (Å²) < 4.78 is 8.81. The van der Waals surface area contributed by atoms with E-state index in [0.717, 1.165) is 5.69 Å². The van der Waals surface area contributed by atoms with E-state index in [4.69, 9.17) is 4.74 Å². The molecule has 0 spiro atoms. The number of nitrogens with zero attached hydrogens (tertiary/aromatic N) is 5. The van der Waals surface area contributed by atoms with Gasteiger partial charge in [0, 0.05) is 5.56 Å². The topological polar surface area (TPSA) is 74.8 Å². The van der Waals surface area contributed by atoms with Crippen LogP contribution in [0, 0.1) is 6.92 Å². The van der Waals surface area contributed by atoms with Crippen molar-refractivity contribution >= 4 is 0 Å². The fraction of sp³-hybridized carbons (Fsp3) is 0.143. The molecule has 0 bridgehead atoms. The molecule has 0 saturated carbocycles. The molecule has 0 aliphatic rings. The van der Waals surface area contributed by atoms with Gasteiger partial charge < -0.3 is 4.74 Å². The Kier molecular flexibility index (Phi) is 4.72. The maximum absolute atomic E-state index is 13.0. The first-order valence-electron chi connectivity index (χ1n) is 9.01. The van der Waals surface area contributed by atoms with Crippen LogP contribution in [-0.4, -0.2) is 24.8 Å². The lowest BCUT2D eigenvalue weighted by atomic mass is 10.2.